The van der Waals surface area contributed by atoms with Crippen molar-refractivity contribution in [3.63, 3.8) is 0 Å². The van der Waals surface area contributed by atoms with Gasteiger partial charge in [0, 0.05) is 6.54 Å². The van der Waals surface area contributed by atoms with Crippen LogP contribution in [0.4, 0.5) is 0 Å². The Kier molecular flexibility index (Phi) is 3.56. The Labute approximate surface area is 103 Å². The third-order valence-electron chi connectivity index (χ3n) is 2.28. The van der Waals surface area contributed by atoms with Crippen molar-refractivity contribution in [3.8, 4) is 5.75 Å². The Morgan fingerprint density at radius 3 is 2.89 bits per heavy atom. The maximum Gasteiger partial charge on any atom is 0.358 e. The molecule has 18 heavy (non-hydrogen) atoms. The summed E-state index contributed by atoms with van der Waals surface area (Å²) in [6.07, 6.45) is 4.79. The molecule has 0 saturated carbocycles. The largest absolute Gasteiger partial charge is 0.488 e. The lowest BCUT2D eigenvalue weighted by molar-refractivity contribution is 0.0690. The van der Waals surface area contributed by atoms with Gasteiger partial charge in [-0.15, -0.1) is 5.10 Å². The Morgan fingerprint density at radius 2 is 2.28 bits per heavy atom. The van der Waals surface area contributed by atoms with Crippen LogP contribution in [0.5, 0.6) is 5.75 Å². The molecule has 0 fully saturated rings. The molecule has 0 radical (unpaired) electrons. The molecule has 2 aromatic rings. The van der Waals surface area contributed by atoms with E-state index in [1.165, 1.54) is 10.9 Å². The number of aromatic carboxylic acids is 1. The van der Waals surface area contributed by atoms with E-state index in [1.54, 1.807) is 17.1 Å². The molecule has 2 aromatic heterocycles. The highest BCUT2D eigenvalue weighted by Crippen LogP contribution is 2.07. The van der Waals surface area contributed by atoms with Crippen LogP contribution in [0.15, 0.2) is 18.6 Å². The Balaban J connectivity index is 1.82. The number of ether oxygens (including phenoxy) is 1. The number of nitrogens with zero attached hydrogens (tertiary/aromatic N) is 5. The van der Waals surface area contributed by atoms with Crippen LogP contribution in [-0.2, 0) is 13.1 Å². The Bertz CT molecular complexity index is 533. The van der Waals surface area contributed by atoms with Gasteiger partial charge in [0.2, 0.25) is 0 Å². The topological polar surface area (TPSA) is 95.1 Å². The molecule has 2 rings (SSSR count). The lowest BCUT2D eigenvalue weighted by Crippen LogP contribution is -2.08. The zero-order valence-corrected chi connectivity index (χ0v) is 9.85. The first-order chi connectivity index (χ1) is 8.69. The Hall–Kier alpha value is -2.38. The summed E-state index contributed by atoms with van der Waals surface area (Å²) in [4.78, 5) is 10.6. The minimum atomic E-state index is -1.09. The molecule has 1 N–H and O–H groups in total. The van der Waals surface area contributed by atoms with Crippen LogP contribution in [0.3, 0.4) is 0 Å². The van der Waals surface area contributed by atoms with Gasteiger partial charge in [0.15, 0.2) is 11.4 Å². The van der Waals surface area contributed by atoms with Crippen molar-refractivity contribution in [2.24, 2.45) is 0 Å². The molecule has 0 aromatic carbocycles. The highest BCUT2D eigenvalue weighted by Gasteiger charge is 2.07. The summed E-state index contributed by atoms with van der Waals surface area (Å²) in [7, 11) is 0. The molecular weight excluding hydrogens is 238 g/mol. The van der Waals surface area contributed by atoms with Crippen LogP contribution >= 0.6 is 0 Å². The molecule has 0 bridgehead atoms. The van der Waals surface area contributed by atoms with Crippen LogP contribution in [0.1, 0.15) is 17.4 Å². The minimum Gasteiger partial charge on any atom is -0.488 e. The highest BCUT2D eigenvalue weighted by molar-refractivity contribution is 5.84. The second-order valence-corrected chi connectivity index (χ2v) is 3.55. The molecule has 0 saturated heterocycles. The molecule has 2 heterocycles. The molecule has 0 aliphatic rings. The standard InChI is InChI=1S/C10H13N5O3/c1-2-14-6-8(5-11-14)18-4-3-15-7-9(10(16)17)12-13-15/h5-7H,2-4H2,1H3,(H,16,17). The van der Waals surface area contributed by atoms with Crippen molar-refractivity contribution in [3.05, 3.63) is 24.3 Å². The summed E-state index contributed by atoms with van der Waals surface area (Å²) in [6.45, 7) is 3.57. The minimum absolute atomic E-state index is 0.0752. The molecule has 0 aliphatic carbocycles. The lowest BCUT2D eigenvalue weighted by Gasteiger charge is -2.02. The van der Waals surface area contributed by atoms with E-state index in [0.29, 0.717) is 18.9 Å². The van der Waals surface area contributed by atoms with Crippen molar-refractivity contribution in [1.29, 1.82) is 0 Å². The van der Waals surface area contributed by atoms with E-state index in [1.807, 2.05) is 6.92 Å². The second kappa shape index (κ2) is 5.30. The van der Waals surface area contributed by atoms with E-state index in [2.05, 4.69) is 15.4 Å². The molecule has 0 spiro atoms. The van der Waals surface area contributed by atoms with Gasteiger partial charge in [0.25, 0.3) is 0 Å². The van der Waals surface area contributed by atoms with Crippen LogP contribution in [0.2, 0.25) is 0 Å². The molecule has 8 heteroatoms. The number of rotatable bonds is 6. The zero-order valence-electron chi connectivity index (χ0n) is 9.85. The maximum atomic E-state index is 10.6. The van der Waals surface area contributed by atoms with Gasteiger partial charge in [0.1, 0.15) is 6.61 Å². The second-order valence-electron chi connectivity index (χ2n) is 3.55. The average Bonchev–Trinajstić information content (AvgIpc) is 2.97. The third kappa shape index (κ3) is 2.84. The zero-order chi connectivity index (χ0) is 13.0. The predicted molar refractivity (Wildman–Crippen MR) is 60.4 cm³/mol. The summed E-state index contributed by atoms with van der Waals surface area (Å²) >= 11 is 0. The summed E-state index contributed by atoms with van der Waals surface area (Å²) in [6, 6.07) is 0. The normalized spacial score (nSPS) is 10.5. The van der Waals surface area contributed by atoms with Gasteiger partial charge in [-0.1, -0.05) is 5.21 Å². The highest BCUT2D eigenvalue weighted by atomic mass is 16.5. The van der Waals surface area contributed by atoms with Crippen LogP contribution in [0, 0.1) is 0 Å². The summed E-state index contributed by atoms with van der Waals surface area (Å²) < 4.78 is 8.62. The molecule has 0 atom stereocenters. The van der Waals surface area contributed by atoms with E-state index in [4.69, 9.17) is 9.84 Å². The van der Waals surface area contributed by atoms with E-state index in [-0.39, 0.29) is 5.69 Å². The number of hydrogen-bond donors (Lipinski definition) is 1. The van der Waals surface area contributed by atoms with E-state index in [0.717, 1.165) is 6.54 Å². The Morgan fingerprint density at radius 1 is 1.44 bits per heavy atom. The lowest BCUT2D eigenvalue weighted by atomic mass is 10.5. The first-order valence-electron chi connectivity index (χ1n) is 5.47. The van der Waals surface area contributed by atoms with Crippen molar-refractivity contribution in [1.82, 2.24) is 24.8 Å². The van der Waals surface area contributed by atoms with Crippen molar-refractivity contribution >= 4 is 5.97 Å². The first-order valence-corrected chi connectivity index (χ1v) is 5.47. The fourth-order valence-electron chi connectivity index (χ4n) is 1.35. The summed E-state index contributed by atoms with van der Waals surface area (Å²) in [5.74, 6) is -0.415. The van der Waals surface area contributed by atoms with E-state index >= 15 is 0 Å². The summed E-state index contributed by atoms with van der Waals surface area (Å²) in [5, 5.41) is 19.9. The van der Waals surface area contributed by atoms with Gasteiger partial charge in [-0.05, 0) is 6.92 Å². The number of carboxylic acid groups (broad SMARTS) is 1. The molecule has 96 valence electrons. The molecule has 0 unspecified atom stereocenters. The summed E-state index contributed by atoms with van der Waals surface area (Å²) in [5.41, 5.74) is -0.0752. The molecular formula is C10H13N5O3. The number of carbonyl (C=O) groups is 1. The van der Waals surface area contributed by atoms with Crippen molar-refractivity contribution < 1.29 is 14.6 Å². The van der Waals surface area contributed by atoms with Crippen LogP contribution < -0.4 is 4.74 Å². The third-order valence-corrected chi connectivity index (χ3v) is 2.28. The fraction of sp³-hybridized carbons (Fsp3) is 0.400. The number of aromatic nitrogens is 5. The molecule has 0 aliphatic heterocycles. The van der Waals surface area contributed by atoms with Gasteiger partial charge < -0.3 is 9.84 Å². The quantitative estimate of drug-likeness (QED) is 0.791. The van der Waals surface area contributed by atoms with Gasteiger partial charge >= 0.3 is 5.97 Å². The number of carboxylic acids is 1. The van der Waals surface area contributed by atoms with Crippen LogP contribution in [0.25, 0.3) is 0 Å². The monoisotopic (exact) mass is 251 g/mol. The molecule has 0 amide bonds. The fourth-order valence-corrected chi connectivity index (χ4v) is 1.35. The van der Waals surface area contributed by atoms with Crippen molar-refractivity contribution in [2.75, 3.05) is 6.61 Å². The number of aryl methyl sites for hydroxylation is 1. The van der Waals surface area contributed by atoms with Gasteiger partial charge in [0.05, 0.1) is 25.1 Å². The first kappa shape index (κ1) is 12.1. The van der Waals surface area contributed by atoms with E-state index < -0.39 is 5.97 Å². The van der Waals surface area contributed by atoms with Gasteiger partial charge in [-0.3, -0.25) is 4.68 Å². The van der Waals surface area contributed by atoms with Gasteiger partial charge in [-0.25, -0.2) is 9.48 Å². The van der Waals surface area contributed by atoms with Crippen molar-refractivity contribution in [2.45, 2.75) is 20.0 Å². The average molecular weight is 251 g/mol. The van der Waals surface area contributed by atoms with E-state index in [9.17, 15) is 4.79 Å². The van der Waals surface area contributed by atoms with Gasteiger partial charge in [-0.2, -0.15) is 5.10 Å². The predicted octanol–water partition coefficient (Wildman–Crippen LogP) is 0.272. The number of hydrogen-bond acceptors (Lipinski definition) is 5. The smallest absolute Gasteiger partial charge is 0.358 e. The SMILES string of the molecule is CCn1cc(OCCn2cc(C(=O)O)nn2)cn1. The van der Waals surface area contributed by atoms with Crippen LogP contribution in [-0.4, -0.2) is 42.5 Å². The molecule has 8 nitrogen and oxygen atoms in total. The maximum absolute atomic E-state index is 10.6.